The molecule has 0 aliphatic carbocycles. The standard InChI is InChI=1S/C23H26N2O2/c1-16-7-9-17(10-8-16)13-18-5-3-4-6-20(18)23(27)25-12-11-21-19(15-25)14-22(26)24(21)2/h3-10,19,21H,11-15H2,1-2H3/t19-,21+/m1/s1. The Morgan fingerprint density at radius 2 is 1.85 bits per heavy atom. The zero-order valence-electron chi connectivity index (χ0n) is 16.0. The van der Waals surface area contributed by atoms with Crippen molar-refractivity contribution in [2.75, 3.05) is 20.1 Å². The highest BCUT2D eigenvalue weighted by Crippen LogP contribution is 2.32. The second kappa shape index (κ2) is 7.18. The van der Waals surface area contributed by atoms with E-state index in [2.05, 4.69) is 31.2 Å². The fraction of sp³-hybridized carbons (Fsp3) is 0.391. The first-order valence-corrected chi connectivity index (χ1v) is 9.71. The highest BCUT2D eigenvalue weighted by atomic mass is 16.2. The lowest BCUT2D eigenvalue weighted by atomic mass is 9.91. The summed E-state index contributed by atoms with van der Waals surface area (Å²) >= 11 is 0. The van der Waals surface area contributed by atoms with Crippen molar-refractivity contribution in [1.82, 2.24) is 9.80 Å². The van der Waals surface area contributed by atoms with Crippen molar-refractivity contribution in [3.63, 3.8) is 0 Å². The Balaban J connectivity index is 1.52. The fourth-order valence-electron chi connectivity index (χ4n) is 4.45. The van der Waals surface area contributed by atoms with Crippen LogP contribution in [0.4, 0.5) is 0 Å². The van der Waals surface area contributed by atoms with Gasteiger partial charge in [0.05, 0.1) is 0 Å². The van der Waals surface area contributed by atoms with E-state index in [-0.39, 0.29) is 17.7 Å². The maximum Gasteiger partial charge on any atom is 0.254 e. The van der Waals surface area contributed by atoms with Gasteiger partial charge in [0.1, 0.15) is 0 Å². The van der Waals surface area contributed by atoms with Gasteiger partial charge in [-0.05, 0) is 37.0 Å². The number of nitrogens with zero attached hydrogens (tertiary/aromatic N) is 2. The second-order valence-corrected chi connectivity index (χ2v) is 7.90. The summed E-state index contributed by atoms with van der Waals surface area (Å²) in [6, 6.07) is 16.7. The number of carbonyl (C=O) groups excluding carboxylic acids is 2. The van der Waals surface area contributed by atoms with Crippen LogP contribution in [0.25, 0.3) is 0 Å². The molecule has 140 valence electrons. The van der Waals surface area contributed by atoms with Gasteiger partial charge in [-0.3, -0.25) is 9.59 Å². The van der Waals surface area contributed by atoms with Crippen LogP contribution in [-0.4, -0.2) is 47.8 Å². The van der Waals surface area contributed by atoms with E-state index in [4.69, 9.17) is 0 Å². The van der Waals surface area contributed by atoms with Gasteiger partial charge in [0.25, 0.3) is 5.91 Å². The van der Waals surface area contributed by atoms with E-state index >= 15 is 0 Å². The van der Waals surface area contributed by atoms with Gasteiger partial charge in [-0.25, -0.2) is 0 Å². The number of piperidine rings is 1. The van der Waals surface area contributed by atoms with Crippen LogP contribution in [0.5, 0.6) is 0 Å². The lowest BCUT2D eigenvalue weighted by molar-refractivity contribution is -0.127. The van der Waals surface area contributed by atoms with Gasteiger partial charge >= 0.3 is 0 Å². The second-order valence-electron chi connectivity index (χ2n) is 7.90. The van der Waals surface area contributed by atoms with Crippen molar-refractivity contribution in [3.8, 4) is 0 Å². The molecule has 2 aromatic rings. The molecule has 27 heavy (non-hydrogen) atoms. The summed E-state index contributed by atoms with van der Waals surface area (Å²) in [5.41, 5.74) is 4.30. The van der Waals surface area contributed by atoms with Gasteiger partial charge in [-0.2, -0.15) is 0 Å². The van der Waals surface area contributed by atoms with Crippen LogP contribution in [0, 0.1) is 12.8 Å². The third-order valence-electron chi connectivity index (χ3n) is 6.07. The maximum absolute atomic E-state index is 13.2. The van der Waals surface area contributed by atoms with E-state index in [9.17, 15) is 9.59 Å². The van der Waals surface area contributed by atoms with Crippen LogP contribution in [0.2, 0.25) is 0 Å². The zero-order valence-corrected chi connectivity index (χ0v) is 16.0. The van der Waals surface area contributed by atoms with Crippen molar-refractivity contribution in [3.05, 3.63) is 70.8 Å². The molecule has 0 aromatic heterocycles. The van der Waals surface area contributed by atoms with Crippen molar-refractivity contribution in [2.24, 2.45) is 5.92 Å². The molecule has 0 saturated carbocycles. The summed E-state index contributed by atoms with van der Waals surface area (Å²) in [6.45, 7) is 3.48. The number of amides is 2. The van der Waals surface area contributed by atoms with Crippen molar-refractivity contribution < 1.29 is 9.59 Å². The van der Waals surface area contributed by atoms with Crippen LogP contribution < -0.4 is 0 Å². The van der Waals surface area contributed by atoms with E-state index in [0.29, 0.717) is 19.0 Å². The smallest absolute Gasteiger partial charge is 0.254 e. The Hall–Kier alpha value is -2.62. The maximum atomic E-state index is 13.2. The Labute approximate surface area is 160 Å². The van der Waals surface area contributed by atoms with Gasteiger partial charge in [0.2, 0.25) is 5.91 Å². The molecule has 0 radical (unpaired) electrons. The summed E-state index contributed by atoms with van der Waals surface area (Å²) in [7, 11) is 1.89. The van der Waals surface area contributed by atoms with Gasteiger partial charge in [0.15, 0.2) is 0 Å². The van der Waals surface area contributed by atoms with E-state index in [0.717, 1.165) is 30.5 Å². The normalized spacial score (nSPS) is 22.1. The number of benzene rings is 2. The van der Waals surface area contributed by atoms with Crippen molar-refractivity contribution >= 4 is 11.8 Å². The molecule has 2 fully saturated rings. The lowest BCUT2D eigenvalue weighted by Crippen LogP contribution is -2.47. The van der Waals surface area contributed by atoms with Crippen LogP contribution >= 0.6 is 0 Å². The minimum absolute atomic E-state index is 0.0955. The van der Waals surface area contributed by atoms with E-state index in [1.165, 1.54) is 11.1 Å². The average Bonchev–Trinajstić information content (AvgIpc) is 2.97. The summed E-state index contributed by atoms with van der Waals surface area (Å²) in [6.07, 6.45) is 2.19. The van der Waals surface area contributed by atoms with Crippen LogP contribution in [0.1, 0.15) is 39.9 Å². The first-order chi connectivity index (χ1) is 13.0. The minimum Gasteiger partial charge on any atom is -0.342 e. The lowest BCUT2D eigenvalue weighted by Gasteiger charge is -2.37. The fourth-order valence-corrected chi connectivity index (χ4v) is 4.45. The number of rotatable bonds is 3. The number of hydrogen-bond donors (Lipinski definition) is 0. The summed E-state index contributed by atoms with van der Waals surface area (Å²) in [5.74, 6) is 0.571. The van der Waals surface area contributed by atoms with Gasteiger partial charge in [-0.1, -0.05) is 48.0 Å². The molecule has 0 unspecified atom stereocenters. The molecule has 2 aliphatic rings. The zero-order chi connectivity index (χ0) is 19.0. The number of likely N-dealkylation sites (tertiary alicyclic amines) is 2. The summed E-state index contributed by atoms with van der Waals surface area (Å²) in [4.78, 5) is 29.1. The molecule has 2 atom stereocenters. The largest absolute Gasteiger partial charge is 0.342 e. The van der Waals surface area contributed by atoms with Crippen LogP contribution in [0.3, 0.4) is 0 Å². The van der Waals surface area contributed by atoms with E-state index in [1.807, 2.05) is 41.1 Å². The highest BCUT2D eigenvalue weighted by Gasteiger charge is 2.42. The first kappa shape index (κ1) is 17.8. The third-order valence-corrected chi connectivity index (χ3v) is 6.07. The predicted octanol–water partition coefficient (Wildman–Crippen LogP) is 3.28. The molecule has 4 heteroatoms. The molecular weight excluding hydrogens is 336 g/mol. The monoisotopic (exact) mass is 362 g/mol. The summed E-state index contributed by atoms with van der Waals surface area (Å²) < 4.78 is 0. The number of hydrogen-bond acceptors (Lipinski definition) is 2. The third kappa shape index (κ3) is 3.48. The average molecular weight is 362 g/mol. The van der Waals surface area contributed by atoms with E-state index < -0.39 is 0 Å². The molecule has 0 bridgehead atoms. The van der Waals surface area contributed by atoms with E-state index in [1.54, 1.807) is 0 Å². The van der Waals surface area contributed by atoms with Crippen LogP contribution in [0.15, 0.2) is 48.5 Å². The molecule has 4 rings (SSSR count). The molecular formula is C23H26N2O2. The summed E-state index contributed by atoms with van der Waals surface area (Å²) in [5, 5.41) is 0. The molecule has 2 aromatic carbocycles. The number of fused-ring (bicyclic) bond motifs is 1. The predicted molar refractivity (Wildman–Crippen MR) is 106 cm³/mol. The Morgan fingerprint density at radius 3 is 2.63 bits per heavy atom. The molecule has 0 N–H and O–H groups in total. The van der Waals surface area contributed by atoms with Gasteiger partial charge in [-0.15, -0.1) is 0 Å². The van der Waals surface area contributed by atoms with Crippen LogP contribution in [-0.2, 0) is 11.2 Å². The minimum atomic E-state index is 0.0955. The quantitative estimate of drug-likeness (QED) is 0.841. The highest BCUT2D eigenvalue weighted by molar-refractivity contribution is 5.96. The topological polar surface area (TPSA) is 40.6 Å². The van der Waals surface area contributed by atoms with Crippen molar-refractivity contribution in [2.45, 2.75) is 32.2 Å². The van der Waals surface area contributed by atoms with Gasteiger partial charge in [0, 0.05) is 44.1 Å². The number of carbonyl (C=O) groups is 2. The SMILES string of the molecule is Cc1ccc(Cc2ccccc2C(=O)N2CC[C@H]3[C@H](CC(=O)N3C)C2)cc1. The Bertz CT molecular complexity index is 859. The molecule has 2 saturated heterocycles. The van der Waals surface area contributed by atoms with Crippen molar-refractivity contribution in [1.29, 1.82) is 0 Å². The Morgan fingerprint density at radius 1 is 1.11 bits per heavy atom. The molecule has 2 amide bonds. The number of aryl methyl sites for hydroxylation is 1. The molecule has 0 spiro atoms. The molecule has 2 aliphatic heterocycles. The molecule has 2 heterocycles. The molecule has 4 nitrogen and oxygen atoms in total. The first-order valence-electron chi connectivity index (χ1n) is 9.71. The Kier molecular flexibility index (Phi) is 4.73. The van der Waals surface area contributed by atoms with Gasteiger partial charge < -0.3 is 9.80 Å².